The van der Waals surface area contributed by atoms with E-state index in [1.54, 1.807) is 0 Å². The molecule has 1 aliphatic heterocycles. The van der Waals surface area contributed by atoms with E-state index in [1.807, 2.05) is 0 Å². The Bertz CT molecular complexity index is 441. The summed E-state index contributed by atoms with van der Waals surface area (Å²) in [6.07, 6.45) is 2.52. The van der Waals surface area contributed by atoms with Crippen LogP contribution >= 0.6 is 0 Å². The van der Waals surface area contributed by atoms with E-state index >= 15 is 0 Å². The molecule has 98 valence electrons. The van der Waals surface area contributed by atoms with Gasteiger partial charge in [-0.1, -0.05) is 45.0 Å². The summed E-state index contributed by atoms with van der Waals surface area (Å²) in [5, 5.41) is 3.08. The number of amides is 1. The lowest BCUT2D eigenvalue weighted by atomic mass is 9.85. The summed E-state index contributed by atoms with van der Waals surface area (Å²) in [5.74, 6) is 0.184. The highest BCUT2D eigenvalue weighted by Gasteiger charge is 2.32. The summed E-state index contributed by atoms with van der Waals surface area (Å²) in [7, 11) is 0. The van der Waals surface area contributed by atoms with E-state index < -0.39 is 0 Å². The molecule has 0 bridgehead atoms. The van der Waals surface area contributed by atoms with E-state index in [1.165, 1.54) is 11.1 Å². The summed E-state index contributed by atoms with van der Waals surface area (Å²) in [6, 6.07) is 8.79. The normalized spacial score (nSPS) is 24.1. The van der Waals surface area contributed by atoms with Gasteiger partial charge in [0, 0.05) is 12.0 Å². The highest BCUT2D eigenvalue weighted by atomic mass is 16.2. The highest BCUT2D eigenvalue weighted by molar-refractivity contribution is 5.79. The number of hydrogen-bond donors (Lipinski definition) is 1. The Morgan fingerprint density at radius 1 is 1.22 bits per heavy atom. The number of carbonyl (C=O) groups excluding carboxylic acids is 1. The number of rotatable bonds is 2. The Morgan fingerprint density at radius 3 is 2.28 bits per heavy atom. The lowest BCUT2D eigenvalue weighted by Crippen LogP contribution is -2.40. The summed E-state index contributed by atoms with van der Waals surface area (Å²) in [5.41, 5.74) is 2.80. The molecular formula is C16H23NO. The summed E-state index contributed by atoms with van der Waals surface area (Å²) in [4.78, 5) is 11.3. The first-order valence-corrected chi connectivity index (χ1v) is 6.69. The fraction of sp³-hybridized carbons (Fsp3) is 0.562. The van der Waals surface area contributed by atoms with Crippen molar-refractivity contribution in [1.82, 2.24) is 5.32 Å². The van der Waals surface area contributed by atoms with Gasteiger partial charge in [-0.3, -0.25) is 4.79 Å². The van der Waals surface area contributed by atoms with Crippen molar-refractivity contribution in [3.8, 4) is 0 Å². The van der Waals surface area contributed by atoms with Crippen molar-refractivity contribution >= 4 is 5.91 Å². The Hall–Kier alpha value is -1.31. The molecule has 0 saturated carbocycles. The fourth-order valence-electron chi connectivity index (χ4n) is 2.56. The average molecular weight is 245 g/mol. The molecule has 2 heteroatoms. The first-order chi connectivity index (χ1) is 8.28. The molecular weight excluding hydrogens is 222 g/mol. The van der Waals surface area contributed by atoms with Crippen LogP contribution in [0.1, 0.15) is 51.7 Å². The molecule has 0 aliphatic carbocycles. The second-order valence-corrected chi connectivity index (χ2v) is 6.73. The maximum Gasteiger partial charge on any atom is 0.220 e. The lowest BCUT2D eigenvalue weighted by Gasteiger charge is -2.25. The Morgan fingerprint density at radius 2 is 1.83 bits per heavy atom. The van der Waals surface area contributed by atoms with Gasteiger partial charge in [0.15, 0.2) is 0 Å². The average Bonchev–Trinajstić information content (AvgIpc) is 2.58. The van der Waals surface area contributed by atoms with Crippen LogP contribution < -0.4 is 5.32 Å². The van der Waals surface area contributed by atoms with Gasteiger partial charge >= 0.3 is 0 Å². The molecule has 2 rings (SSSR count). The predicted molar refractivity (Wildman–Crippen MR) is 74.6 cm³/mol. The van der Waals surface area contributed by atoms with Crippen LogP contribution in [0.2, 0.25) is 0 Å². The molecule has 0 aromatic heterocycles. The Kier molecular flexibility index (Phi) is 3.22. The van der Waals surface area contributed by atoms with E-state index in [-0.39, 0.29) is 16.9 Å². The zero-order chi connectivity index (χ0) is 13.4. The molecule has 1 saturated heterocycles. The maximum absolute atomic E-state index is 11.3. The molecule has 2 nitrogen and oxygen atoms in total. The van der Waals surface area contributed by atoms with Crippen LogP contribution in [0, 0.1) is 0 Å². The standard InChI is InChI=1S/C16H23NO/c1-15(2,3)13-7-5-12(6-8-13)11-16(4)10-9-14(18)17-16/h5-8H,9-11H2,1-4H3,(H,17,18). The van der Waals surface area contributed by atoms with Gasteiger partial charge in [-0.15, -0.1) is 0 Å². The van der Waals surface area contributed by atoms with Gasteiger partial charge in [0.1, 0.15) is 0 Å². The second-order valence-electron chi connectivity index (χ2n) is 6.73. The van der Waals surface area contributed by atoms with Crippen molar-refractivity contribution in [2.75, 3.05) is 0 Å². The lowest BCUT2D eigenvalue weighted by molar-refractivity contribution is -0.119. The van der Waals surface area contributed by atoms with Crippen molar-refractivity contribution in [2.24, 2.45) is 0 Å². The van der Waals surface area contributed by atoms with E-state index in [0.717, 1.165) is 12.8 Å². The molecule has 1 atom stereocenters. The minimum atomic E-state index is -0.0552. The van der Waals surface area contributed by atoms with E-state index in [0.29, 0.717) is 6.42 Å². The van der Waals surface area contributed by atoms with Crippen LogP contribution in [0.15, 0.2) is 24.3 Å². The minimum absolute atomic E-state index is 0.0552. The first-order valence-electron chi connectivity index (χ1n) is 6.69. The number of carbonyl (C=O) groups is 1. The van der Waals surface area contributed by atoms with Gasteiger partial charge in [-0.25, -0.2) is 0 Å². The van der Waals surface area contributed by atoms with Gasteiger partial charge in [-0.2, -0.15) is 0 Å². The van der Waals surface area contributed by atoms with E-state index in [4.69, 9.17) is 0 Å². The van der Waals surface area contributed by atoms with Gasteiger partial charge < -0.3 is 5.32 Å². The quantitative estimate of drug-likeness (QED) is 0.851. The summed E-state index contributed by atoms with van der Waals surface area (Å²) >= 11 is 0. The van der Waals surface area contributed by atoms with E-state index in [2.05, 4.69) is 57.3 Å². The first kappa shape index (κ1) is 13.1. The van der Waals surface area contributed by atoms with Gasteiger partial charge in [0.25, 0.3) is 0 Å². The summed E-state index contributed by atoms with van der Waals surface area (Å²) < 4.78 is 0. The second kappa shape index (κ2) is 4.42. The van der Waals surface area contributed by atoms with Gasteiger partial charge in [0.2, 0.25) is 5.91 Å². The number of nitrogens with one attached hydrogen (secondary N) is 1. The van der Waals surface area contributed by atoms with Crippen LogP contribution in [0.25, 0.3) is 0 Å². The molecule has 1 amide bonds. The van der Waals surface area contributed by atoms with Crippen LogP contribution in [0.3, 0.4) is 0 Å². The molecule has 0 radical (unpaired) electrons. The van der Waals surface area contributed by atoms with Crippen molar-refractivity contribution in [1.29, 1.82) is 0 Å². The molecule has 1 N–H and O–H groups in total. The number of benzene rings is 1. The van der Waals surface area contributed by atoms with Crippen LogP contribution in [-0.2, 0) is 16.6 Å². The maximum atomic E-state index is 11.3. The SMILES string of the molecule is CC1(Cc2ccc(C(C)(C)C)cc2)CCC(=O)N1. The van der Waals surface area contributed by atoms with Crippen LogP contribution in [-0.4, -0.2) is 11.4 Å². The molecule has 18 heavy (non-hydrogen) atoms. The smallest absolute Gasteiger partial charge is 0.220 e. The third-order valence-electron chi connectivity index (χ3n) is 3.76. The van der Waals surface area contributed by atoms with Gasteiger partial charge in [0.05, 0.1) is 0 Å². The van der Waals surface area contributed by atoms with Crippen molar-refractivity contribution in [3.05, 3.63) is 35.4 Å². The largest absolute Gasteiger partial charge is 0.351 e. The minimum Gasteiger partial charge on any atom is -0.351 e. The molecule has 1 aliphatic rings. The van der Waals surface area contributed by atoms with Gasteiger partial charge in [-0.05, 0) is 36.3 Å². The Labute approximate surface area is 110 Å². The van der Waals surface area contributed by atoms with Crippen LogP contribution in [0.4, 0.5) is 0 Å². The molecule has 1 aromatic rings. The van der Waals surface area contributed by atoms with E-state index in [9.17, 15) is 4.79 Å². The molecule has 1 unspecified atom stereocenters. The topological polar surface area (TPSA) is 29.1 Å². The molecule has 1 aromatic carbocycles. The molecule has 0 spiro atoms. The Balaban J connectivity index is 2.09. The fourth-order valence-corrected chi connectivity index (χ4v) is 2.56. The third-order valence-corrected chi connectivity index (χ3v) is 3.76. The van der Waals surface area contributed by atoms with Crippen molar-refractivity contribution in [3.63, 3.8) is 0 Å². The molecule has 1 fully saturated rings. The highest BCUT2D eigenvalue weighted by Crippen LogP contribution is 2.26. The molecule has 1 heterocycles. The predicted octanol–water partition coefficient (Wildman–Crippen LogP) is 3.20. The zero-order valence-electron chi connectivity index (χ0n) is 11.8. The third kappa shape index (κ3) is 2.92. The monoisotopic (exact) mass is 245 g/mol. The van der Waals surface area contributed by atoms with Crippen molar-refractivity contribution < 1.29 is 4.79 Å². The number of hydrogen-bond acceptors (Lipinski definition) is 1. The zero-order valence-corrected chi connectivity index (χ0v) is 11.8. The van der Waals surface area contributed by atoms with Crippen LogP contribution in [0.5, 0.6) is 0 Å². The van der Waals surface area contributed by atoms with Crippen molar-refractivity contribution in [2.45, 2.75) is 57.9 Å². The summed E-state index contributed by atoms with van der Waals surface area (Å²) in [6.45, 7) is 8.80.